The van der Waals surface area contributed by atoms with Gasteiger partial charge in [0, 0.05) is 0 Å². The maximum atomic E-state index is 13.5. The minimum absolute atomic E-state index is 0.0799. The van der Waals surface area contributed by atoms with Gasteiger partial charge in [-0.15, -0.1) is 0 Å². The predicted octanol–water partition coefficient (Wildman–Crippen LogP) is 5.53. The molecule has 1 aliphatic heterocycles. The zero-order chi connectivity index (χ0) is 18.1. The monoisotopic (exact) mass is 354 g/mol. The quantitative estimate of drug-likeness (QED) is 0.525. The molecule has 0 radical (unpaired) electrons. The van der Waals surface area contributed by atoms with E-state index in [0.29, 0.717) is 0 Å². The molecule has 1 unspecified atom stereocenters. The second kappa shape index (κ2) is 6.66. The number of rotatable bonds is 3. The third-order valence-electron chi connectivity index (χ3n) is 3.61. The van der Waals surface area contributed by atoms with E-state index in [2.05, 4.69) is 0 Å². The lowest BCUT2D eigenvalue weighted by molar-refractivity contribution is -0.164. The van der Waals surface area contributed by atoms with Crippen LogP contribution in [0.5, 0.6) is 5.75 Å². The van der Waals surface area contributed by atoms with Crippen molar-refractivity contribution in [2.45, 2.75) is 38.7 Å². The molecule has 2 nitrogen and oxygen atoms in total. The fourth-order valence-corrected chi connectivity index (χ4v) is 2.61. The smallest absolute Gasteiger partial charge is 0.420 e. The summed E-state index contributed by atoms with van der Waals surface area (Å²) in [5.41, 5.74) is -3.24. The number of alkyl halides is 6. The zero-order valence-electron chi connectivity index (χ0n) is 13.0. The summed E-state index contributed by atoms with van der Waals surface area (Å²) >= 11 is 0. The van der Waals surface area contributed by atoms with E-state index in [1.54, 1.807) is 13.0 Å². The molecule has 8 heteroatoms. The van der Waals surface area contributed by atoms with E-state index in [9.17, 15) is 26.3 Å². The van der Waals surface area contributed by atoms with Gasteiger partial charge in [-0.1, -0.05) is 17.7 Å². The van der Waals surface area contributed by atoms with Crippen molar-refractivity contribution in [2.75, 3.05) is 13.2 Å². The van der Waals surface area contributed by atoms with Gasteiger partial charge in [-0.25, -0.2) is 0 Å². The van der Waals surface area contributed by atoms with Crippen LogP contribution in [-0.2, 0) is 17.1 Å². The lowest BCUT2D eigenvalue weighted by atomic mass is 9.92. The number of halogens is 6. The molecule has 134 valence electrons. The van der Waals surface area contributed by atoms with E-state index in [-0.39, 0.29) is 19.6 Å². The van der Waals surface area contributed by atoms with Gasteiger partial charge in [0.25, 0.3) is 0 Å². The van der Waals surface area contributed by atoms with Crippen LogP contribution in [0.3, 0.4) is 0 Å². The molecule has 0 saturated heterocycles. The molecule has 0 spiro atoms. The summed E-state index contributed by atoms with van der Waals surface area (Å²) in [4.78, 5) is 0. The van der Waals surface area contributed by atoms with Crippen LogP contribution in [0, 0.1) is 0 Å². The van der Waals surface area contributed by atoms with E-state index >= 15 is 0 Å². The Morgan fingerprint density at radius 2 is 1.71 bits per heavy atom. The first kappa shape index (κ1) is 18.6. The Bertz CT molecular complexity index is 631. The van der Waals surface area contributed by atoms with Gasteiger partial charge in [0.05, 0.1) is 24.9 Å². The van der Waals surface area contributed by atoms with Crippen LogP contribution < -0.4 is 4.74 Å². The van der Waals surface area contributed by atoms with E-state index in [1.165, 1.54) is 6.92 Å². The molecule has 0 bridgehead atoms. The van der Waals surface area contributed by atoms with Crippen molar-refractivity contribution < 1.29 is 35.8 Å². The van der Waals surface area contributed by atoms with Crippen molar-refractivity contribution in [1.82, 2.24) is 0 Å². The highest BCUT2D eigenvalue weighted by Crippen LogP contribution is 2.49. The van der Waals surface area contributed by atoms with Gasteiger partial charge in [-0.05, 0) is 31.9 Å². The van der Waals surface area contributed by atoms with Crippen LogP contribution in [-0.4, -0.2) is 13.2 Å². The van der Waals surface area contributed by atoms with Crippen molar-refractivity contribution >= 4 is 0 Å². The van der Waals surface area contributed by atoms with Crippen molar-refractivity contribution in [1.29, 1.82) is 0 Å². The molecule has 0 aliphatic carbocycles. The molecule has 0 N–H and O–H groups in total. The minimum Gasteiger partial charge on any atom is -0.493 e. The fourth-order valence-electron chi connectivity index (χ4n) is 2.61. The number of ether oxygens (including phenoxy) is 2. The van der Waals surface area contributed by atoms with Crippen molar-refractivity contribution in [3.8, 4) is 5.75 Å². The summed E-state index contributed by atoms with van der Waals surface area (Å²) in [6.45, 7) is 3.04. The van der Waals surface area contributed by atoms with Crippen LogP contribution in [0.25, 0.3) is 0 Å². The zero-order valence-corrected chi connectivity index (χ0v) is 13.0. The highest BCUT2D eigenvalue weighted by atomic mass is 19.4. The van der Waals surface area contributed by atoms with Gasteiger partial charge in [0.15, 0.2) is 0 Å². The molecular formula is C16H16F6O2. The van der Waals surface area contributed by atoms with Crippen molar-refractivity contribution in [2.24, 2.45) is 0 Å². The Morgan fingerprint density at radius 1 is 1.08 bits per heavy atom. The van der Waals surface area contributed by atoms with Crippen LogP contribution in [0.2, 0.25) is 0 Å². The van der Waals surface area contributed by atoms with E-state index in [4.69, 9.17) is 9.47 Å². The first-order valence-corrected chi connectivity index (χ1v) is 7.27. The lowest BCUT2D eigenvalue weighted by Crippen LogP contribution is -2.23. The standard InChI is InChI=1S/C16H16F6O2/c1-3-23-12-7-5-10(11-6-4-9(2)8-24-11)13(15(17,18)19)14(12)16(20,21)22/h4-5,7,11H,3,6,8H2,1-2H3. The third kappa shape index (κ3) is 3.85. The Labute approximate surface area is 135 Å². The van der Waals surface area contributed by atoms with E-state index in [1.807, 2.05) is 0 Å². The Morgan fingerprint density at radius 3 is 2.17 bits per heavy atom. The molecule has 2 rings (SSSR count). The predicted molar refractivity (Wildman–Crippen MR) is 74.7 cm³/mol. The van der Waals surface area contributed by atoms with Crippen molar-refractivity contribution in [3.05, 3.63) is 40.5 Å². The lowest BCUT2D eigenvalue weighted by Gasteiger charge is -2.28. The molecule has 0 amide bonds. The Balaban J connectivity index is 2.68. The maximum Gasteiger partial charge on any atom is 0.420 e. The van der Waals surface area contributed by atoms with Gasteiger partial charge in [0.1, 0.15) is 11.3 Å². The highest BCUT2D eigenvalue weighted by molar-refractivity contribution is 5.49. The van der Waals surface area contributed by atoms with Crippen LogP contribution >= 0.6 is 0 Å². The van der Waals surface area contributed by atoms with Crippen LogP contribution in [0.1, 0.15) is 43.1 Å². The first-order chi connectivity index (χ1) is 11.1. The van der Waals surface area contributed by atoms with Crippen LogP contribution in [0.4, 0.5) is 26.3 Å². The minimum atomic E-state index is -5.20. The highest BCUT2D eigenvalue weighted by Gasteiger charge is 2.48. The summed E-state index contributed by atoms with van der Waals surface area (Å²) in [5.74, 6) is -0.830. The van der Waals surface area contributed by atoms with E-state index < -0.39 is 40.9 Å². The third-order valence-corrected chi connectivity index (χ3v) is 3.61. The first-order valence-electron chi connectivity index (χ1n) is 7.27. The van der Waals surface area contributed by atoms with Gasteiger partial charge in [0.2, 0.25) is 0 Å². The molecular weight excluding hydrogens is 338 g/mol. The summed E-state index contributed by atoms with van der Waals surface area (Å²) in [6.07, 6.45) is -9.72. The summed E-state index contributed by atoms with van der Waals surface area (Å²) in [5, 5.41) is 0. The molecule has 24 heavy (non-hydrogen) atoms. The second-order valence-corrected chi connectivity index (χ2v) is 5.42. The number of benzene rings is 1. The maximum absolute atomic E-state index is 13.5. The van der Waals surface area contributed by atoms with Gasteiger partial charge in [-0.3, -0.25) is 0 Å². The molecule has 0 fully saturated rings. The average molecular weight is 354 g/mol. The summed E-state index contributed by atoms with van der Waals surface area (Å²) in [6, 6.07) is 1.92. The molecule has 1 atom stereocenters. The molecule has 0 aromatic heterocycles. The Kier molecular flexibility index (Phi) is 5.17. The second-order valence-electron chi connectivity index (χ2n) is 5.42. The van der Waals surface area contributed by atoms with Crippen LogP contribution in [0.15, 0.2) is 23.8 Å². The number of hydrogen-bond acceptors (Lipinski definition) is 2. The SMILES string of the molecule is CCOc1ccc(C2CC=C(C)CO2)c(C(F)(F)F)c1C(F)(F)F. The van der Waals surface area contributed by atoms with Gasteiger partial charge in [-0.2, -0.15) is 26.3 Å². The molecule has 1 aliphatic rings. The Hall–Kier alpha value is -1.70. The topological polar surface area (TPSA) is 18.5 Å². The summed E-state index contributed by atoms with van der Waals surface area (Å²) in [7, 11) is 0. The molecule has 0 saturated carbocycles. The summed E-state index contributed by atoms with van der Waals surface area (Å²) < 4.78 is 90.5. The fraction of sp³-hybridized carbons (Fsp3) is 0.500. The molecule has 1 heterocycles. The average Bonchev–Trinajstić information content (AvgIpc) is 2.46. The van der Waals surface area contributed by atoms with Gasteiger partial charge >= 0.3 is 12.4 Å². The normalized spacial score (nSPS) is 19.2. The van der Waals surface area contributed by atoms with Crippen molar-refractivity contribution in [3.63, 3.8) is 0 Å². The number of hydrogen-bond donors (Lipinski definition) is 0. The van der Waals surface area contributed by atoms with E-state index in [0.717, 1.165) is 17.7 Å². The molecule has 1 aromatic carbocycles. The largest absolute Gasteiger partial charge is 0.493 e. The van der Waals surface area contributed by atoms with Gasteiger partial charge < -0.3 is 9.47 Å². The molecule has 1 aromatic rings.